The quantitative estimate of drug-likeness (QED) is 0.0867. The lowest BCUT2D eigenvalue weighted by atomic mass is 9.75. The SMILES string of the molecule is CNNC(=O)C(C)(CCCC(C)(C)CS(=O)(=O)CCO[Si](c1ccccc1)(c1ccccc1)C(C)(C)C)c1cccc(CCC(C)C(=O)OC)c1. The summed E-state index contributed by atoms with van der Waals surface area (Å²) in [5, 5.41) is 1.99. The van der Waals surface area contributed by atoms with Gasteiger partial charge in [0.1, 0.15) is 0 Å². The first kappa shape index (κ1) is 42.1. The Hall–Kier alpha value is -3.31. The van der Waals surface area contributed by atoms with Gasteiger partial charge in [0.25, 0.3) is 8.32 Å². The fourth-order valence-electron chi connectivity index (χ4n) is 7.16. The number of sulfone groups is 1. The van der Waals surface area contributed by atoms with Gasteiger partial charge in [0.05, 0.1) is 29.9 Å². The van der Waals surface area contributed by atoms with Crippen molar-refractivity contribution in [3.8, 4) is 0 Å². The van der Waals surface area contributed by atoms with Crippen LogP contribution in [0.15, 0.2) is 84.9 Å². The van der Waals surface area contributed by atoms with Crippen LogP contribution in [-0.4, -0.2) is 60.9 Å². The highest BCUT2D eigenvalue weighted by Gasteiger charge is 2.50. The van der Waals surface area contributed by atoms with E-state index in [4.69, 9.17) is 9.16 Å². The normalized spacial score (nSPS) is 14.4. The number of nitrogens with one attached hydrogen (secondary N) is 2. The number of amides is 1. The highest BCUT2D eigenvalue weighted by atomic mass is 32.2. The summed E-state index contributed by atoms with van der Waals surface area (Å²) in [6, 6.07) is 28.5. The molecule has 0 aliphatic carbocycles. The molecule has 3 aromatic rings. The summed E-state index contributed by atoms with van der Waals surface area (Å²) in [6.07, 6.45) is 3.13. The average Bonchev–Trinajstić information content (AvgIpc) is 3.08. The largest absolute Gasteiger partial charge is 0.469 e. The Morgan fingerprint density at radius 1 is 0.843 bits per heavy atom. The molecule has 0 aliphatic rings. The molecule has 0 bridgehead atoms. The molecule has 0 saturated carbocycles. The van der Waals surface area contributed by atoms with Gasteiger partial charge in [-0.2, -0.15) is 0 Å². The van der Waals surface area contributed by atoms with E-state index in [1.165, 1.54) is 7.11 Å². The predicted octanol–water partition coefficient (Wildman–Crippen LogP) is 6.12. The molecule has 2 N–H and O–H groups in total. The van der Waals surface area contributed by atoms with Crippen molar-refractivity contribution in [2.75, 3.05) is 32.3 Å². The standard InChI is InChI=1S/C41H60N2O6SSi/c1-32(37(44)48-9)24-25-33-18-16-19-34(30-33)41(7,38(45)43-42-8)27-17-26-40(5,6)31-50(46,47)29-28-49-51(39(2,3)4,35-20-12-10-13-21-35)36-22-14-11-15-23-36/h10-16,18-23,30,32,42H,17,24-29,31H2,1-9H3,(H,43,45). The van der Waals surface area contributed by atoms with Gasteiger partial charge >= 0.3 is 5.97 Å². The topological polar surface area (TPSA) is 111 Å². The molecule has 0 aromatic heterocycles. The van der Waals surface area contributed by atoms with Crippen molar-refractivity contribution < 1.29 is 27.2 Å². The number of hydrogen-bond donors (Lipinski definition) is 2. The Kier molecular flexibility index (Phi) is 14.8. The minimum absolute atomic E-state index is 0.0252. The van der Waals surface area contributed by atoms with E-state index in [1.54, 1.807) is 7.05 Å². The maximum atomic E-state index is 13.7. The first-order chi connectivity index (χ1) is 23.9. The highest BCUT2D eigenvalue weighted by Crippen LogP contribution is 2.37. The number of aryl methyl sites for hydroxylation is 1. The minimum atomic E-state index is -3.47. The van der Waals surface area contributed by atoms with Crippen LogP contribution in [-0.2, 0) is 40.4 Å². The molecule has 51 heavy (non-hydrogen) atoms. The number of ether oxygens (including phenoxy) is 1. The van der Waals surface area contributed by atoms with Gasteiger partial charge in [0.2, 0.25) is 5.91 Å². The monoisotopic (exact) mass is 736 g/mol. The Labute approximate surface area is 308 Å². The number of carbonyl (C=O) groups excluding carboxylic acids is 2. The van der Waals surface area contributed by atoms with Gasteiger partial charge in [-0.3, -0.25) is 15.0 Å². The molecule has 1 amide bonds. The smallest absolute Gasteiger partial charge is 0.308 e. The van der Waals surface area contributed by atoms with E-state index in [0.717, 1.165) is 21.5 Å². The third-order valence-electron chi connectivity index (χ3n) is 10.0. The Morgan fingerprint density at radius 3 is 1.96 bits per heavy atom. The third kappa shape index (κ3) is 11.1. The van der Waals surface area contributed by atoms with E-state index in [9.17, 15) is 18.0 Å². The van der Waals surface area contributed by atoms with E-state index in [0.29, 0.717) is 32.1 Å². The highest BCUT2D eigenvalue weighted by molar-refractivity contribution is 7.91. The number of benzene rings is 3. The van der Waals surface area contributed by atoms with Gasteiger partial charge in [0.15, 0.2) is 9.84 Å². The fourth-order valence-corrected chi connectivity index (χ4v) is 13.7. The summed E-state index contributed by atoms with van der Waals surface area (Å²) in [4.78, 5) is 25.4. The van der Waals surface area contributed by atoms with Crippen molar-refractivity contribution in [3.05, 3.63) is 96.1 Å². The van der Waals surface area contributed by atoms with E-state index >= 15 is 0 Å². The zero-order valence-electron chi connectivity index (χ0n) is 32.2. The summed E-state index contributed by atoms with van der Waals surface area (Å²) in [6.45, 7) is 14.4. The molecule has 10 heteroatoms. The van der Waals surface area contributed by atoms with E-state index in [-0.39, 0.29) is 40.9 Å². The van der Waals surface area contributed by atoms with Gasteiger partial charge < -0.3 is 9.16 Å². The molecule has 3 aromatic carbocycles. The summed E-state index contributed by atoms with van der Waals surface area (Å²) in [7, 11) is -3.26. The molecular formula is C41H60N2O6SSi. The predicted molar refractivity (Wildman–Crippen MR) is 210 cm³/mol. The van der Waals surface area contributed by atoms with Gasteiger partial charge in [-0.05, 0) is 64.6 Å². The molecule has 280 valence electrons. The molecule has 0 fully saturated rings. The third-order valence-corrected chi connectivity index (χ3v) is 17.1. The lowest BCUT2D eigenvalue weighted by Gasteiger charge is -2.43. The average molecular weight is 737 g/mol. The number of hydrazine groups is 1. The zero-order valence-corrected chi connectivity index (χ0v) is 34.0. The summed E-state index contributed by atoms with van der Waals surface area (Å²) in [5.41, 5.74) is 6.10. The lowest BCUT2D eigenvalue weighted by molar-refractivity contribution is -0.145. The van der Waals surface area contributed by atoms with E-state index < -0.39 is 29.0 Å². The number of hydrogen-bond acceptors (Lipinski definition) is 7. The van der Waals surface area contributed by atoms with Crippen LogP contribution in [0.25, 0.3) is 0 Å². The summed E-state index contributed by atoms with van der Waals surface area (Å²) < 4.78 is 39.1. The maximum absolute atomic E-state index is 13.7. The van der Waals surface area contributed by atoms with E-state index in [1.807, 2.05) is 88.4 Å². The van der Waals surface area contributed by atoms with Crippen LogP contribution < -0.4 is 21.2 Å². The van der Waals surface area contributed by atoms with Crippen LogP contribution in [0.4, 0.5) is 0 Å². The molecular weight excluding hydrogens is 677 g/mol. The molecule has 0 saturated heterocycles. The molecule has 3 rings (SSSR count). The molecule has 0 aliphatic heterocycles. The molecule has 8 nitrogen and oxygen atoms in total. The van der Waals surface area contributed by atoms with Crippen LogP contribution in [0.1, 0.15) is 85.3 Å². The van der Waals surface area contributed by atoms with Crippen LogP contribution in [0.2, 0.25) is 5.04 Å². The van der Waals surface area contributed by atoms with Gasteiger partial charge in [-0.15, -0.1) is 0 Å². The maximum Gasteiger partial charge on any atom is 0.308 e. The zero-order chi connectivity index (χ0) is 37.9. The minimum Gasteiger partial charge on any atom is -0.469 e. The number of methoxy groups -OCH3 is 1. The number of carbonyl (C=O) groups is 2. The van der Waals surface area contributed by atoms with Crippen molar-refractivity contribution in [2.45, 2.75) is 91.0 Å². The molecule has 0 heterocycles. The van der Waals surface area contributed by atoms with Crippen molar-refractivity contribution >= 4 is 40.4 Å². The first-order valence-electron chi connectivity index (χ1n) is 18.0. The van der Waals surface area contributed by atoms with Crippen molar-refractivity contribution in [2.24, 2.45) is 11.3 Å². The second-order valence-corrected chi connectivity index (χ2v) is 22.3. The molecule has 2 unspecified atom stereocenters. The van der Waals surface area contributed by atoms with Crippen molar-refractivity contribution in [3.63, 3.8) is 0 Å². The molecule has 0 radical (unpaired) electrons. The lowest BCUT2D eigenvalue weighted by Crippen LogP contribution is -2.66. The van der Waals surface area contributed by atoms with Gasteiger partial charge in [-0.1, -0.05) is 133 Å². The number of rotatable bonds is 19. The van der Waals surface area contributed by atoms with Crippen molar-refractivity contribution in [1.29, 1.82) is 0 Å². The Bertz CT molecular complexity index is 1640. The van der Waals surface area contributed by atoms with Gasteiger partial charge in [-0.25, -0.2) is 13.8 Å². The molecule has 0 spiro atoms. The fraction of sp³-hybridized carbons (Fsp3) is 0.512. The van der Waals surface area contributed by atoms with Gasteiger partial charge in [0, 0.05) is 13.7 Å². The summed E-state index contributed by atoms with van der Waals surface area (Å²) >= 11 is 0. The van der Waals surface area contributed by atoms with Crippen LogP contribution >= 0.6 is 0 Å². The van der Waals surface area contributed by atoms with Crippen LogP contribution in [0, 0.1) is 11.3 Å². The van der Waals surface area contributed by atoms with Crippen molar-refractivity contribution in [1.82, 2.24) is 10.9 Å². The Morgan fingerprint density at radius 2 is 1.43 bits per heavy atom. The second kappa shape index (κ2) is 17.9. The summed E-state index contributed by atoms with van der Waals surface area (Å²) in [5.74, 6) is -0.655. The Balaban J connectivity index is 1.72. The molecule has 2 atom stereocenters. The number of esters is 1. The second-order valence-electron chi connectivity index (χ2n) is 15.8. The van der Waals surface area contributed by atoms with E-state index in [2.05, 4.69) is 55.9 Å². The van der Waals surface area contributed by atoms with Crippen LogP contribution in [0.5, 0.6) is 0 Å². The van der Waals surface area contributed by atoms with Crippen LogP contribution in [0.3, 0.4) is 0 Å². The first-order valence-corrected chi connectivity index (χ1v) is 21.7.